The Labute approximate surface area is 149 Å². The lowest BCUT2D eigenvalue weighted by Gasteiger charge is -2.10. The second kappa shape index (κ2) is 7.11. The van der Waals surface area contributed by atoms with E-state index in [1.54, 1.807) is 31.2 Å². The van der Waals surface area contributed by atoms with Crippen molar-refractivity contribution in [3.8, 4) is 11.3 Å². The van der Waals surface area contributed by atoms with Crippen molar-refractivity contribution < 1.29 is 22.0 Å². The van der Waals surface area contributed by atoms with Gasteiger partial charge in [-0.15, -0.1) is 4.83 Å². The van der Waals surface area contributed by atoms with Crippen LogP contribution in [-0.2, 0) is 10.0 Å². The highest BCUT2D eigenvalue weighted by Crippen LogP contribution is 2.22. The smallest absolute Gasteiger partial charge is 0.266 e. The first-order valence-electron chi connectivity index (χ1n) is 7.59. The third-order valence-corrected chi connectivity index (χ3v) is 4.85. The monoisotopic (exact) mass is 374 g/mol. The predicted molar refractivity (Wildman–Crippen MR) is 93.1 cm³/mol. The molecule has 0 aliphatic rings. The second-order valence-corrected chi connectivity index (χ2v) is 7.21. The minimum atomic E-state index is -4.23. The Hall–Kier alpha value is -2.97. The summed E-state index contributed by atoms with van der Waals surface area (Å²) in [6, 6.07) is 13.3. The van der Waals surface area contributed by atoms with Crippen molar-refractivity contribution in [1.29, 1.82) is 0 Å². The summed E-state index contributed by atoms with van der Waals surface area (Å²) in [4.78, 5) is 13.7. The predicted octanol–water partition coefficient (Wildman–Crippen LogP) is 3.02. The number of hydrogen-bond donors (Lipinski definition) is 2. The number of carbonyl (C=O) groups excluding carboxylic acids is 1. The Balaban J connectivity index is 1.80. The second-order valence-electron chi connectivity index (χ2n) is 5.56. The maximum absolute atomic E-state index is 13.7. The SMILES string of the molecule is Cc1cc(C(=O)NNS(=O)(=O)c2ccccc2F)cc(-c2ccco2)c1. The van der Waals surface area contributed by atoms with E-state index in [2.05, 4.69) is 5.43 Å². The standard InChI is InChI=1S/C18H15FN2O4S/c1-12-9-13(16-6-4-8-25-16)11-14(10-12)18(22)20-21-26(23,24)17-7-3-2-5-15(17)19/h2-11,21H,1H3,(H,20,22). The number of nitrogens with one attached hydrogen (secondary N) is 2. The summed E-state index contributed by atoms with van der Waals surface area (Å²) >= 11 is 0. The van der Waals surface area contributed by atoms with Gasteiger partial charge in [-0.1, -0.05) is 12.1 Å². The molecule has 134 valence electrons. The van der Waals surface area contributed by atoms with Crippen molar-refractivity contribution in [1.82, 2.24) is 10.3 Å². The number of rotatable bonds is 5. The molecule has 0 spiro atoms. The average molecular weight is 374 g/mol. The summed E-state index contributed by atoms with van der Waals surface area (Å²) in [6.07, 6.45) is 1.51. The largest absolute Gasteiger partial charge is 0.464 e. The zero-order chi connectivity index (χ0) is 18.7. The molecular weight excluding hydrogens is 359 g/mol. The summed E-state index contributed by atoms with van der Waals surface area (Å²) in [5.41, 5.74) is 3.79. The molecule has 6 nitrogen and oxygen atoms in total. The van der Waals surface area contributed by atoms with Gasteiger partial charge in [-0.05, 0) is 55.0 Å². The van der Waals surface area contributed by atoms with Crippen LogP contribution in [0.5, 0.6) is 0 Å². The molecule has 0 atom stereocenters. The Morgan fingerprint density at radius 3 is 2.54 bits per heavy atom. The lowest BCUT2D eigenvalue weighted by Crippen LogP contribution is -2.41. The maximum Gasteiger partial charge on any atom is 0.266 e. The summed E-state index contributed by atoms with van der Waals surface area (Å²) < 4.78 is 43.2. The van der Waals surface area contributed by atoms with E-state index in [0.717, 1.165) is 17.7 Å². The zero-order valence-electron chi connectivity index (χ0n) is 13.7. The quantitative estimate of drug-likeness (QED) is 0.672. The molecule has 0 radical (unpaired) electrons. The third-order valence-electron chi connectivity index (χ3n) is 3.57. The van der Waals surface area contributed by atoms with Crippen LogP contribution in [0.3, 0.4) is 0 Å². The van der Waals surface area contributed by atoms with Crippen LogP contribution in [0.2, 0.25) is 0 Å². The normalized spacial score (nSPS) is 11.3. The van der Waals surface area contributed by atoms with E-state index < -0.39 is 26.6 Å². The molecule has 3 aromatic rings. The van der Waals surface area contributed by atoms with E-state index in [1.807, 2.05) is 10.9 Å². The molecule has 2 aromatic carbocycles. The minimum Gasteiger partial charge on any atom is -0.464 e. The Morgan fingerprint density at radius 2 is 1.85 bits per heavy atom. The number of halogens is 1. The van der Waals surface area contributed by atoms with E-state index in [0.29, 0.717) is 11.3 Å². The highest BCUT2D eigenvalue weighted by atomic mass is 32.2. The molecule has 1 heterocycles. The van der Waals surface area contributed by atoms with E-state index in [4.69, 9.17) is 4.42 Å². The van der Waals surface area contributed by atoms with Gasteiger partial charge < -0.3 is 4.42 Å². The van der Waals surface area contributed by atoms with Crippen molar-refractivity contribution in [2.24, 2.45) is 0 Å². The molecule has 26 heavy (non-hydrogen) atoms. The number of furan rings is 1. The van der Waals surface area contributed by atoms with Crippen molar-refractivity contribution in [3.05, 3.63) is 77.8 Å². The van der Waals surface area contributed by atoms with Crippen LogP contribution >= 0.6 is 0 Å². The lowest BCUT2D eigenvalue weighted by atomic mass is 10.0. The summed E-state index contributed by atoms with van der Waals surface area (Å²) in [5, 5.41) is 0. The van der Waals surface area contributed by atoms with Crippen LogP contribution in [0.1, 0.15) is 15.9 Å². The molecule has 3 rings (SSSR count). The van der Waals surface area contributed by atoms with E-state index in [9.17, 15) is 17.6 Å². The molecule has 1 amide bonds. The fraction of sp³-hybridized carbons (Fsp3) is 0.0556. The maximum atomic E-state index is 13.7. The van der Waals surface area contributed by atoms with Gasteiger partial charge in [0, 0.05) is 11.1 Å². The minimum absolute atomic E-state index is 0.229. The van der Waals surface area contributed by atoms with Crippen LogP contribution in [0.25, 0.3) is 11.3 Å². The first-order valence-corrected chi connectivity index (χ1v) is 9.07. The average Bonchev–Trinajstić information content (AvgIpc) is 3.14. The molecular formula is C18H15FN2O4S. The van der Waals surface area contributed by atoms with E-state index in [1.165, 1.54) is 18.4 Å². The summed E-state index contributed by atoms with van der Waals surface area (Å²) in [7, 11) is -4.23. The molecule has 2 N–H and O–H groups in total. The fourth-order valence-corrected chi connectivity index (χ4v) is 3.32. The number of amides is 1. The number of aryl methyl sites for hydroxylation is 1. The van der Waals surface area contributed by atoms with E-state index in [-0.39, 0.29) is 5.56 Å². The number of hydrazine groups is 1. The first kappa shape index (κ1) is 17.8. The van der Waals surface area contributed by atoms with Gasteiger partial charge in [0.1, 0.15) is 16.5 Å². The van der Waals surface area contributed by atoms with Gasteiger partial charge in [0.05, 0.1) is 6.26 Å². The van der Waals surface area contributed by atoms with E-state index >= 15 is 0 Å². The molecule has 8 heteroatoms. The first-order chi connectivity index (χ1) is 12.4. The number of hydrogen-bond acceptors (Lipinski definition) is 4. The highest BCUT2D eigenvalue weighted by molar-refractivity contribution is 7.89. The molecule has 0 aliphatic carbocycles. The van der Waals surface area contributed by atoms with Crippen molar-refractivity contribution in [2.75, 3.05) is 0 Å². The summed E-state index contributed by atoms with van der Waals surface area (Å²) in [6.45, 7) is 1.80. The Morgan fingerprint density at radius 1 is 1.08 bits per heavy atom. The van der Waals surface area contributed by atoms with Crippen molar-refractivity contribution in [3.63, 3.8) is 0 Å². The van der Waals surface area contributed by atoms with Crippen LogP contribution in [-0.4, -0.2) is 14.3 Å². The van der Waals surface area contributed by atoms with Gasteiger partial charge in [-0.25, -0.2) is 12.8 Å². The van der Waals surface area contributed by atoms with Gasteiger partial charge in [-0.3, -0.25) is 10.2 Å². The molecule has 0 saturated heterocycles. The Kier molecular flexibility index (Phi) is 4.88. The lowest BCUT2D eigenvalue weighted by molar-refractivity contribution is 0.0945. The molecule has 0 fully saturated rings. The number of sulfonamides is 1. The number of carbonyl (C=O) groups is 1. The third kappa shape index (κ3) is 3.81. The van der Waals surface area contributed by atoms with Crippen molar-refractivity contribution >= 4 is 15.9 Å². The van der Waals surface area contributed by atoms with Gasteiger partial charge in [0.15, 0.2) is 0 Å². The highest BCUT2D eigenvalue weighted by Gasteiger charge is 2.20. The zero-order valence-corrected chi connectivity index (χ0v) is 14.5. The van der Waals surface area contributed by atoms with Gasteiger partial charge in [0.25, 0.3) is 15.9 Å². The van der Waals surface area contributed by atoms with Crippen LogP contribution in [0, 0.1) is 12.7 Å². The molecule has 0 bridgehead atoms. The molecule has 0 aliphatic heterocycles. The molecule has 0 unspecified atom stereocenters. The Bertz CT molecular complexity index is 1050. The van der Waals surface area contributed by atoms with Gasteiger partial charge >= 0.3 is 0 Å². The van der Waals surface area contributed by atoms with Gasteiger partial charge in [0.2, 0.25) is 0 Å². The van der Waals surface area contributed by atoms with Gasteiger partial charge in [-0.2, -0.15) is 0 Å². The van der Waals surface area contributed by atoms with Crippen LogP contribution < -0.4 is 10.3 Å². The van der Waals surface area contributed by atoms with Crippen LogP contribution in [0.15, 0.2) is 70.2 Å². The van der Waals surface area contributed by atoms with Crippen molar-refractivity contribution in [2.45, 2.75) is 11.8 Å². The number of benzene rings is 2. The topological polar surface area (TPSA) is 88.4 Å². The fourth-order valence-electron chi connectivity index (χ4n) is 2.40. The van der Waals surface area contributed by atoms with Crippen LogP contribution in [0.4, 0.5) is 4.39 Å². The molecule has 0 saturated carbocycles. The summed E-state index contributed by atoms with van der Waals surface area (Å²) in [5.74, 6) is -1.01. The molecule has 1 aromatic heterocycles.